The summed E-state index contributed by atoms with van der Waals surface area (Å²) in [5.74, 6) is -7.92. The van der Waals surface area contributed by atoms with E-state index >= 15 is 0 Å². The van der Waals surface area contributed by atoms with Gasteiger partial charge in [-0.1, -0.05) is 71.1 Å². The lowest BCUT2D eigenvalue weighted by atomic mass is 9.77. The predicted molar refractivity (Wildman–Crippen MR) is 256 cm³/mol. The second-order valence-corrected chi connectivity index (χ2v) is 20.4. The molecule has 17 nitrogen and oxygen atoms in total. The molecular weight excluding hydrogens is 887 g/mol. The molecule has 5 rings (SSSR count). The number of aliphatic hydroxyl groups excluding tert-OH is 1. The van der Waals surface area contributed by atoms with Gasteiger partial charge in [0, 0.05) is 58.5 Å². The monoisotopic (exact) mass is 966 g/mol. The van der Waals surface area contributed by atoms with Crippen molar-refractivity contribution in [2.24, 2.45) is 35.5 Å². The number of aliphatic hydroxyl groups is 2. The number of amides is 1. The number of Topliss-reactive ketones (excluding diaryl/α,β-unsaturated/α-hetero) is 3. The largest absolute Gasteiger partial charge is 0.460 e. The summed E-state index contributed by atoms with van der Waals surface area (Å²) in [6.07, 6.45) is 13.9. The van der Waals surface area contributed by atoms with Crippen LogP contribution in [0.25, 0.3) is 0 Å². The Balaban J connectivity index is 1.46. The van der Waals surface area contributed by atoms with E-state index in [2.05, 4.69) is 15.5 Å². The average molecular weight is 966 g/mol. The molecule has 384 valence electrons. The molecule has 2 N–H and O–H groups in total. The van der Waals surface area contributed by atoms with Crippen molar-refractivity contribution in [1.82, 2.24) is 25.1 Å². The number of ether oxygens (including phenoxy) is 5. The smallest absolute Gasteiger partial charge is 0.329 e. The third-order valence-corrected chi connectivity index (χ3v) is 15.2. The number of cyclic esters (lactones) is 1. The van der Waals surface area contributed by atoms with Gasteiger partial charge in [0.1, 0.15) is 36.5 Å². The van der Waals surface area contributed by atoms with E-state index in [1.165, 1.54) is 12.0 Å². The molecule has 1 amide bonds. The summed E-state index contributed by atoms with van der Waals surface area (Å²) < 4.78 is 31.6. The van der Waals surface area contributed by atoms with Crippen molar-refractivity contribution in [2.75, 3.05) is 27.9 Å². The van der Waals surface area contributed by atoms with E-state index in [-0.39, 0.29) is 60.9 Å². The van der Waals surface area contributed by atoms with Crippen LogP contribution in [0.3, 0.4) is 0 Å². The number of piperidine rings is 1. The third kappa shape index (κ3) is 14.2. The molecule has 0 spiro atoms. The number of hydrogen-bond donors (Lipinski definition) is 2. The summed E-state index contributed by atoms with van der Waals surface area (Å²) >= 11 is 0. The molecule has 1 aromatic rings. The predicted octanol–water partition coefficient (Wildman–Crippen LogP) is 6.05. The number of nitrogens with zero attached hydrogens (tertiary/aromatic N) is 5. The third-order valence-electron chi connectivity index (χ3n) is 15.2. The van der Waals surface area contributed by atoms with Gasteiger partial charge in [0.15, 0.2) is 5.78 Å². The highest BCUT2D eigenvalue weighted by Crippen LogP contribution is 2.39. The zero-order valence-electron chi connectivity index (χ0n) is 42.5. The molecule has 69 heavy (non-hydrogen) atoms. The number of allylic oxidation sites excluding steroid dienone is 6. The molecule has 1 aromatic heterocycles. The molecule has 17 heteroatoms. The second kappa shape index (κ2) is 25.7. The molecule has 4 aliphatic rings. The number of ketones is 3. The van der Waals surface area contributed by atoms with Gasteiger partial charge in [0.05, 0.1) is 24.4 Å². The number of carbonyl (C=O) groups is 5. The number of rotatable bonds is 7. The Hall–Kier alpha value is -4.26. The molecule has 0 radical (unpaired) electrons. The molecule has 3 fully saturated rings. The minimum atomic E-state index is -2.43. The Morgan fingerprint density at radius 1 is 0.884 bits per heavy atom. The van der Waals surface area contributed by atoms with E-state index in [1.807, 2.05) is 58.1 Å². The van der Waals surface area contributed by atoms with E-state index in [4.69, 9.17) is 23.7 Å². The van der Waals surface area contributed by atoms with Crippen molar-refractivity contribution in [1.29, 1.82) is 0 Å². The van der Waals surface area contributed by atoms with Crippen LogP contribution < -0.4 is 0 Å². The van der Waals surface area contributed by atoms with E-state index in [0.717, 1.165) is 18.4 Å². The standard InChI is InChI=1S/C52H79N5O12/c1-31-16-12-11-13-17-32(2)43(65-8)28-39-21-19-37(7)52(64,69-39)49(61)50(62)56-23-15-14-18-41(56)51(63)68-44(34(4)26-38-20-22-40(45(27-38)66-9)57-30-53-54-55-57)29-42(58)33(3)25-36(6)47(60)48(67-10)46(59)35(5)24-31/h11-13,16-17,25,30-31,33-35,37-41,43-45,47-48,60,64H,14-15,18-24,26-29H2,1-10H3/b13-11+,16-12+,32-17+,36-25+/t31-,33-,34-,35+,37-,38?,39+,40+,41+,43+,44+,45-,47-,48+,52-/m1/s1. The Bertz CT molecular complexity index is 2020. The number of fused-ring (bicyclic) bond motifs is 3. The van der Waals surface area contributed by atoms with Gasteiger partial charge < -0.3 is 38.8 Å². The van der Waals surface area contributed by atoms with Gasteiger partial charge in [-0.25, -0.2) is 9.48 Å². The number of esters is 1. The minimum absolute atomic E-state index is 0.0170. The fourth-order valence-corrected chi connectivity index (χ4v) is 10.7. The lowest BCUT2D eigenvalue weighted by Gasteiger charge is -2.42. The second-order valence-electron chi connectivity index (χ2n) is 20.4. The van der Waals surface area contributed by atoms with Crippen LogP contribution in [-0.2, 0) is 47.7 Å². The van der Waals surface area contributed by atoms with Crippen molar-refractivity contribution in [3.8, 4) is 0 Å². The van der Waals surface area contributed by atoms with E-state index in [9.17, 15) is 34.2 Å². The molecule has 2 bridgehead atoms. The summed E-state index contributed by atoms with van der Waals surface area (Å²) in [5, 5.41) is 35.2. The SMILES string of the molecule is CO[C@H]1C[C@@H]2CC[C@@H](C)[C@@](O)(O2)C(=O)C(=O)N2CCCC[C@H]2C(=O)O[C@H]([C@H](C)CC2CC[C@H](n3cnnn3)[C@H](OC)C2)CC(=O)[C@H](C)/C=C(\C)[C@@H](O)[C@@H](OC)C(=O)[C@@H](C)C[C@H](C)/C=C/C=C/C=C/1C. The van der Waals surface area contributed by atoms with Crippen molar-refractivity contribution < 1.29 is 57.9 Å². The summed E-state index contributed by atoms with van der Waals surface area (Å²) in [5.41, 5.74) is 1.27. The summed E-state index contributed by atoms with van der Waals surface area (Å²) in [6, 6.07) is -1.19. The van der Waals surface area contributed by atoms with Crippen LogP contribution in [0.4, 0.5) is 0 Å². The molecule has 2 saturated heterocycles. The Labute approximate surface area is 408 Å². The van der Waals surface area contributed by atoms with E-state index in [1.54, 1.807) is 52.1 Å². The molecule has 1 aliphatic carbocycles. The van der Waals surface area contributed by atoms with Crippen molar-refractivity contribution >= 4 is 29.2 Å². The highest BCUT2D eigenvalue weighted by Gasteiger charge is 2.53. The Morgan fingerprint density at radius 2 is 1.64 bits per heavy atom. The Morgan fingerprint density at radius 3 is 2.32 bits per heavy atom. The van der Waals surface area contributed by atoms with Crippen LogP contribution >= 0.6 is 0 Å². The first-order valence-electron chi connectivity index (χ1n) is 25.0. The highest BCUT2D eigenvalue weighted by molar-refractivity contribution is 6.39. The fourth-order valence-electron chi connectivity index (χ4n) is 10.7. The number of tetrazole rings is 1. The zero-order chi connectivity index (χ0) is 50.6. The van der Waals surface area contributed by atoms with Gasteiger partial charge in [0.2, 0.25) is 5.79 Å². The topological polar surface area (TPSA) is 219 Å². The number of hydrogen-bond acceptors (Lipinski definition) is 15. The lowest BCUT2D eigenvalue weighted by Crippen LogP contribution is -2.61. The molecule has 3 aliphatic heterocycles. The molecular formula is C52H79N5O12. The quantitative estimate of drug-likeness (QED) is 0.181. The number of carbonyl (C=O) groups excluding carboxylic acids is 5. The fraction of sp³-hybridized carbons (Fsp3) is 0.731. The first-order valence-corrected chi connectivity index (χ1v) is 25.0. The first kappa shape index (κ1) is 55.7. The van der Waals surface area contributed by atoms with E-state index < -0.39 is 77.8 Å². The molecule has 0 aromatic carbocycles. The maximum Gasteiger partial charge on any atom is 0.329 e. The summed E-state index contributed by atoms with van der Waals surface area (Å²) in [6.45, 7) is 12.8. The maximum absolute atomic E-state index is 14.5. The van der Waals surface area contributed by atoms with Crippen LogP contribution in [-0.4, -0.2) is 141 Å². The van der Waals surface area contributed by atoms with Crippen molar-refractivity contribution in [2.45, 2.75) is 180 Å². The minimum Gasteiger partial charge on any atom is -0.460 e. The van der Waals surface area contributed by atoms with Gasteiger partial charge in [-0.3, -0.25) is 19.2 Å². The zero-order valence-corrected chi connectivity index (χ0v) is 42.5. The van der Waals surface area contributed by atoms with Gasteiger partial charge in [-0.05, 0) is 117 Å². The first-order chi connectivity index (χ1) is 32.8. The Kier molecular flexibility index (Phi) is 20.8. The number of methoxy groups -OCH3 is 3. The van der Waals surface area contributed by atoms with Crippen LogP contribution in [0, 0.1) is 35.5 Å². The van der Waals surface area contributed by atoms with Crippen LogP contribution in [0.5, 0.6) is 0 Å². The maximum atomic E-state index is 14.5. The highest BCUT2D eigenvalue weighted by atomic mass is 16.6. The van der Waals surface area contributed by atoms with Crippen LogP contribution in [0.1, 0.15) is 132 Å². The molecule has 1 saturated carbocycles. The molecule has 1 unspecified atom stereocenters. The van der Waals surface area contributed by atoms with Crippen molar-refractivity contribution in [3.63, 3.8) is 0 Å². The average Bonchev–Trinajstić information content (AvgIpc) is 3.88. The van der Waals surface area contributed by atoms with Gasteiger partial charge in [-0.2, -0.15) is 0 Å². The van der Waals surface area contributed by atoms with Gasteiger partial charge >= 0.3 is 5.97 Å². The van der Waals surface area contributed by atoms with Crippen LogP contribution in [0.2, 0.25) is 0 Å². The normalized spacial score (nSPS) is 38.8. The lowest BCUT2D eigenvalue weighted by molar-refractivity contribution is -0.265. The van der Waals surface area contributed by atoms with Crippen molar-refractivity contribution in [3.05, 3.63) is 53.9 Å². The van der Waals surface area contributed by atoms with Gasteiger partial charge in [0.25, 0.3) is 11.7 Å². The summed E-state index contributed by atoms with van der Waals surface area (Å²) in [4.78, 5) is 72.3. The van der Waals surface area contributed by atoms with Crippen LogP contribution in [0.15, 0.2) is 53.9 Å². The molecule has 15 atom stereocenters. The van der Waals surface area contributed by atoms with E-state index in [0.29, 0.717) is 56.9 Å². The number of aromatic nitrogens is 4. The molecule has 4 heterocycles. The van der Waals surface area contributed by atoms with Gasteiger partial charge in [-0.15, -0.1) is 5.10 Å². The summed E-state index contributed by atoms with van der Waals surface area (Å²) in [7, 11) is 4.62.